The van der Waals surface area contributed by atoms with E-state index in [1.54, 1.807) is 25.1 Å². The van der Waals surface area contributed by atoms with E-state index < -0.39 is 33.7 Å². The van der Waals surface area contributed by atoms with Gasteiger partial charge in [0.25, 0.3) is 5.91 Å². The van der Waals surface area contributed by atoms with Gasteiger partial charge in [0.2, 0.25) is 15.9 Å². The van der Waals surface area contributed by atoms with Crippen LogP contribution in [0.25, 0.3) is 0 Å². The Morgan fingerprint density at radius 1 is 1.23 bits per heavy atom. The molecule has 8 nitrogen and oxygen atoms in total. The van der Waals surface area contributed by atoms with Gasteiger partial charge in [0, 0.05) is 35.8 Å². The van der Waals surface area contributed by atoms with Crippen LogP contribution in [0.2, 0.25) is 0 Å². The summed E-state index contributed by atoms with van der Waals surface area (Å²) < 4.78 is 42.2. The zero-order valence-corrected chi connectivity index (χ0v) is 18.3. The van der Waals surface area contributed by atoms with E-state index in [4.69, 9.17) is 5.73 Å². The standard InChI is InChI=1S/C21H29FN4O4S/c1-12-8-16(24-21(28)13-2-7-18-14(9-13)10-20(27)25-18)11-19(22)26(12)31(29,30)17-5-3-15(23)4-6-17/h2,7,9,12,15-17,19H,3-6,8,10-11,23H2,1H3,(H,24,28)(H,25,27)/t12-,15?,16+,17?,19-/m0/s1. The van der Waals surface area contributed by atoms with Gasteiger partial charge in [-0.2, -0.15) is 4.31 Å². The molecule has 3 atom stereocenters. The molecule has 1 aromatic carbocycles. The van der Waals surface area contributed by atoms with Crippen molar-refractivity contribution in [1.82, 2.24) is 9.62 Å². The van der Waals surface area contributed by atoms with Crippen molar-refractivity contribution in [1.29, 1.82) is 0 Å². The third-order valence-corrected chi connectivity index (χ3v) is 9.07. The Bertz CT molecular complexity index is 966. The number of hydrogen-bond acceptors (Lipinski definition) is 5. The summed E-state index contributed by atoms with van der Waals surface area (Å²) in [4.78, 5) is 24.2. The highest BCUT2D eigenvalue weighted by molar-refractivity contribution is 7.89. The van der Waals surface area contributed by atoms with Gasteiger partial charge in [-0.1, -0.05) is 0 Å². The second-order valence-corrected chi connectivity index (χ2v) is 11.1. The van der Waals surface area contributed by atoms with Crippen LogP contribution in [0.3, 0.4) is 0 Å². The maximum atomic E-state index is 15.1. The predicted octanol–water partition coefficient (Wildman–Crippen LogP) is 1.66. The second-order valence-electron chi connectivity index (χ2n) is 8.93. The average Bonchev–Trinajstić information content (AvgIpc) is 3.06. The molecule has 3 aliphatic rings. The third kappa shape index (κ3) is 4.47. The van der Waals surface area contributed by atoms with Crippen LogP contribution >= 0.6 is 0 Å². The fourth-order valence-electron chi connectivity index (χ4n) is 4.95. The molecule has 4 N–H and O–H groups in total. The van der Waals surface area contributed by atoms with Crippen molar-refractivity contribution in [3.05, 3.63) is 29.3 Å². The first-order valence-electron chi connectivity index (χ1n) is 10.8. The molecule has 1 saturated heterocycles. The highest BCUT2D eigenvalue weighted by atomic mass is 32.2. The number of benzene rings is 1. The lowest BCUT2D eigenvalue weighted by molar-refractivity contribution is -0.115. The number of rotatable bonds is 4. The molecule has 2 fully saturated rings. The Morgan fingerprint density at radius 3 is 2.61 bits per heavy atom. The Balaban J connectivity index is 1.40. The first kappa shape index (κ1) is 22.2. The maximum Gasteiger partial charge on any atom is 0.251 e. The number of nitrogens with two attached hydrogens (primary N) is 1. The number of nitrogens with one attached hydrogen (secondary N) is 2. The third-order valence-electron chi connectivity index (χ3n) is 6.58. The van der Waals surface area contributed by atoms with Crippen molar-refractivity contribution in [2.45, 2.75) is 81.5 Å². The Labute approximate surface area is 181 Å². The molecular weight excluding hydrogens is 423 g/mol. The normalized spacial score (nSPS) is 31.7. The highest BCUT2D eigenvalue weighted by Crippen LogP contribution is 2.33. The van der Waals surface area contributed by atoms with E-state index in [-0.39, 0.29) is 30.7 Å². The van der Waals surface area contributed by atoms with E-state index in [0.717, 1.165) is 9.87 Å². The summed E-state index contributed by atoms with van der Waals surface area (Å²) in [5.74, 6) is -0.473. The summed E-state index contributed by atoms with van der Waals surface area (Å²) in [5, 5.41) is 4.95. The summed E-state index contributed by atoms with van der Waals surface area (Å²) in [6.07, 6.45) is 0.950. The number of fused-ring (bicyclic) bond motifs is 1. The predicted molar refractivity (Wildman–Crippen MR) is 115 cm³/mol. The molecule has 0 radical (unpaired) electrons. The molecule has 31 heavy (non-hydrogen) atoms. The molecule has 1 aliphatic carbocycles. The molecule has 0 unspecified atom stereocenters. The smallest absolute Gasteiger partial charge is 0.251 e. The molecule has 0 bridgehead atoms. The van der Waals surface area contributed by atoms with Crippen molar-refractivity contribution < 1.29 is 22.4 Å². The number of sulfonamides is 1. The molecule has 0 aromatic heterocycles. The quantitative estimate of drug-likeness (QED) is 0.600. The molecular formula is C21H29FN4O4S. The van der Waals surface area contributed by atoms with Gasteiger partial charge in [0.15, 0.2) is 6.30 Å². The molecule has 1 saturated carbocycles. The van der Waals surface area contributed by atoms with Crippen LogP contribution in [0.15, 0.2) is 18.2 Å². The Hall–Kier alpha value is -2.04. The van der Waals surface area contributed by atoms with Crippen LogP contribution < -0.4 is 16.4 Å². The largest absolute Gasteiger partial charge is 0.349 e. The minimum atomic E-state index is -3.77. The van der Waals surface area contributed by atoms with E-state index in [9.17, 15) is 18.0 Å². The average molecular weight is 453 g/mol. The van der Waals surface area contributed by atoms with Crippen LogP contribution in [0.5, 0.6) is 0 Å². The molecule has 2 aliphatic heterocycles. The molecule has 2 heterocycles. The van der Waals surface area contributed by atoms with Crippen molar-refractivity contribution >= 4 is 27.5 Å². The van der Waals surface area contributed by atoms with E-state index in [1.807, 2.05) is 0 Å². The lowest BCUT2D eigenvalue weighted by Gasteiger charge is -2.41. The van der Waals surface area contributed by atoms with Gasteiger partial charge in [-0.15, -0.1) is 0 Å². The molecule has 0 spiro atoms. The Kier molecular flexibility index (Phi) is 6.06. The van der Waals surface area contributed by atoms with Gasteiger partial charge in [0.05, 0.1) is 11.7 Å². The lowest BCUT2D eigenvalue weighted by atomic mass is 9.96. The van der Waals surface area contributed by atoms with Gasteiger partial charge in [-0.3, -0.25) is 9.59 Å². The topological polar surface area (TPSA) is 122 Å². The number of alkyl halides is 1. The molecule has 10 heteroatoms. The van der Waals surface area contributed by atoms with Gasteiger partial charge >= 0.3 is 0 Å². The number of piperidine rings is 1. The van der Waals surface area contributed by atoms with E-state index >= 15 is 4.39 Å². The van der Waals surface area contributed by atoms with Crippen LogP contribution in [-0.2, 0) is 21.2 Å². The molecule has 170 valence electrons. The molecule has 4 rings (SSSR count). The second kappa shape index (κ2) is 8.48. The van der Waals surface area contributed by atoms with Crippen LogP contribution in [-0.4, -0.2) is 54.2 Å². The summed E-state index contributed by atoms with van der Waals surface area (Å²) in [6, 6.07) is 3.93. The number of hydrogen-bond donors (Lipinski definition) is 3. The fraction of sp³-hybridized carbons (Fsp3) is 0.619. The molecule has 1 aromatic rings. The number of halogens is 1. The van der Waals surface area contributed by atoms with Gasteiger partial charge in [-0.25, -0.2) is 12.8 Å². The summed E-state index contributed by atoms with van der Waals surface area (Å²) in [6.45, 7) is 1.68. The lowest BCUT2D eigenvalue weighted by Crippen LogP contribution is -2.56. The number of carbonyl (C=O) groups is 2. The van der Waals surface area contributed by atoms with Crippen molar-refractivity contribution in [2.24, 2.45) is 5.73 Å². The van der Waals surface area contributed by atoms with Crippen molar-refractivity contribution in [2.75, 3.05) is 5.32 Å². The van der Waals surface area contributed by atoms with Crippen LogP contribution in [0, 0.1) is 0 Å². The minimum Gasteiger partial charge on any atom is -0.349 e. The highest BCUT2D eigenvalue weighted by Gasteiger charge is 2.45. The summed E-state index contributed by atoms with van der Waals surface area (Å²) in [5.41, 5.74) is 7.72. The van der Waals surface area contributed by atoms with E-state index in [0.29, 0.717) is 43.4 Å². The fourth-order valence-corrected chi connectivity index (χ4v) is 7.16. The van der Waals surface area contributed by atoms with Crippen molar-refractivity contribution in [3.8, 4) is 0 Å². The minimum absolute atomic E-state index is 0.0131. The summed E-state index contributed by atoms with van der Waals surface area (Å²) in [7, 11) is -3.77. The van der Waals surface area contributed by atoms with Gasteiger partial charge < -0.3 is 16.4 Å². The number of nitrogens with zero attached hydrogens (tertiary/aromatic N) is 1. The van der Waals surface area contributed by atoms with Gasteiger partial charge in [0.1, 0.15) is 0 Å². The zero-order chi connectivity index (χ0) is 22.3. The first-order valence-corrected chi connectivity index (χ1v) is 12.3. The molecule has 2 amide bonds. The number of anilines is 1. The monoisotopic (exact) mass is 452 g/mol. The van der Waals surface area contributed by atoms with Crippen LogP contribution in [0.4, 0.5) is 10.1 Å². The van der Waals surface area contributed by atoms with Crippen molar-refractivity contribution in [3.63, 3.8) is 0 Å². The Morgan fingerprint density at radius 2 is 1.94 bits per heavy atom. The van der Waals surface area contributed by atoms with E-state index in [2.05, 4.69) is 10.6 Å². The van der Waals surface area contributed by atoms with Gasteiger partial charge in [-0.05, 0) is 62.8 Å². The van der Waals surface area contributed by atoms with E-state index in [1.165, 1.54) is 0 Å². The number of amides is 2. The number of carbonyl (C=O) groups excluding carboxylic acids is 2. The first-order chi connectivity index (χ1) is 14.6. The van der Waals surface area contributed by atoms with Crippen LogP contribution in [0.1, 0.15) is 61.4 Å². The zero-order valence-electron chi connectivity index (χ0n) is 17.5. The maximum absolute atomic E-state index is 15.1. The summed E-state index contributed by atoms with van der Waals surface area (Å²) >= 11 is 0. The SMILES string of the molecule is C[C@H]1C[C@@H](NC(=O)c2ccc3c(c2)CC(=O)N3)C[C@@H](F)N1S(=O)(=O)C1CCC(N)CC1.